The van der Waals surface area contributed by atoms with Crippen molar-refractivity contribution in [2.45, 2.75) is 31.8 Å². The average molecular weight is 252 g/mol. The van der Waals surface area contributed by atoms with Gasteiger partial charge in [-0.3, -0.25) is 4.99 Å². The Morgan fingerprint density at radius 2 is 2.44 bits per heavy atom. The minimum Gasteiger partial charge on any atom is -0.348 e. The first-order valence-corrected chi connectivity index (χ1v) is 7.76. The van der Waals surface area contributed by atoms with Gasteiger partial charge in [-0.25, -0.2) is 0 Å². The van der Waals surface area contributed by atoms with Crippen molar-refractivity contribution in [2.24, 2.45) is 4.99 Å². The lowest BCUT2D eigenvalue weighted by molar-refractivity contribution is 0.274. The molecule has 0 amide bonds. The van der Waals surface area contributed by atoms with E-state index in [1.807, 2.05) is 11.8 Å². The van der Waals surface area contributed by atoms with Crippen LogP contribution in [-0.2, 0) is 6.54 Å². The summed E-state index contributed by atoms with van der Waals surface area (Å²) in [7, 11) is 0. The molecule has 0 saturated carbocycles. The van der Waals surface area contributed by atoms with Gasteiger partial charge in [0.05, 0.1) is 6.54 Å². The topological polar surface area (TPSA) is 15.6 Å². The summed E-state index contributed by atoms with van der Waals surface area (Å²) >= 11 is 3.75. The number of fused-ring (bicyclic) bond motifs is 1. The summed E-state index contributed by atoms with van der Waals surface area (Å²) in [6, 6.07) is 5.05. The van der Waals surface area contributed by atoms with Gasteiger partial charge in [-0.2, -0.15) is 0 Å². The van der Waals surface area contributed by atoms with Crippen molar-refractivity contribution in [3.05, 3.63) is 22.4 Å². The molecule has 0 N–H and O–H groups in total. The van der Waals surface area contributed by atoms with Crippen molar-refractivity contribution in [2.75, 3.05) is 12.3 Å². The summed E-state index contributed by atoms with van der Waals surface area (Å²) in [5, 5.41) is 3.42. The molecular weight excluding hydrogens is 236 g/mol. The predicted molar refractivity (Wildman–Crippen MR) is 72.3 cm³/mol. The van der Waals surface area contributed by atoms with Crippen LogP contribution in [0.4, 0.5) is 0 Å². The fourth-order valence-electron chi connectivity index (χ4n) is 2.36. The highest BCUT2D eigenvalue weighted by Crippen LogP contribution is 2.31. The van der Waals surface area contributed by atoms with E-state index in [-0.39, 0.29) is 0 Å². The fraction of sp³-hybridized carbons (Fsp3) is 0.583. The summed E-state index contributed by atoms with van der Waals surface area (Å²) in [6.07, 6.45) is 4.11. The molecule has 0 bridgehead atoms. The van der Waals surface area contributed by atoms with E-state index in [0.29, 0.717) is 0 Å². The van der Waals surface area contributed by atoms with Gasteiger partial charge in [0.1, 0.15) is 0 Å². The second-order valence-corrected chi connectivity index (χ2v) is 6.35. The average Bonchev–Trinajstić information content (AvgIpc) is 2.96. The number of piperidine rings is 1. The Morgan fingerprint density at radius 3 is 3.31 bits per heavy atom. The highest BCUT2D eigenvalue weighted by Gasteiger charge is 2.31. The zero-order chi connectivity index (χ0) is 10.8. The van der Waals surface area contributed by atoms with Crippen LogP contribution in [0.3, 0.4) is 0 Å². The van der Waals surface area contributed by atoms with Gasteiger partial charge in [0.25, 0.3) is 0 Å². The molecule has 0 spiro atoms. The lowest BCUT2D eigenvalue weighted by Crippen LogP contribution is -2.38. The zero-order valence-corrected chi connectivity index (χ0v) is 10.9. The molecule has 2 saturated heterocycles. The van der Waals surface area contributed by atoms with E-state index in [1.165, 1.54) is 41.6 Å². The Bertz CT molecular complexity index is 372. The van der Waals surface area contributed by atoms with Gasteiger partial charge in [0.2, 0.25) is 0 Å². The third-order valence-electron chi connectivity index (χ3n) is 3.23. The van der Waals surface area contributed by atoms with E-state index in [2.05, 4.69) is 22.4 Å². The normalized spacial score (nSPS) is 27.4. The van der Waals surface area contributed by atoms with E-state index >= 15 is 0 Å². The standard InChI is InChI=1S/C12H16N2S2/c1-2-6-14-10(4-1)9-16-12(14)13-8-11-5-3-7-15-11/h3,5,7,10H,1-2,4,6,8-9H2. The monoisotopic (exact) mass is 252 g/mol. The van der Waals surface area contributed by atoms with Crippen LogP contribution in [0.25, 0.3) is 0 Å². The smallest absolute Gasteiger partial charge is 0.159 e. The van der Waals surface area contributed by atoms with E-state index in [1.54, 1.807) is 11.3 Å². The largest absolute Gasteiger partial charge is 0.348 e. The Morgan fingerprint density at radius 1 is 1.44 bits per heavy atom. The number of rotatable bonds is 2. The van der Waals surface area contributed by atoms with E-state index < -0.39 is 0 Å². The molecule has 2 aliphatic heterocycles. The minimum absolute atomic E-state index is 0.779. The lowest BCUT2D eigenvalue weighted by Gasteiger charge is -2.30. The molecule has 0 aliphatic carbocycles. The summed E-state index contributed by atoms with van der Waals surface area (Å²) in [5.74, 6) is 1.25. The summed E-state index contributed by atoms with van der Waals surface area (Å²) in [4.78, 5) is 8.66. The maximum Gasteiger partial charge on any atom is 0.159 e. The van der Waals surface area contributed by atoms with E-state index in [4.69, 9.17) is 4.99 Å². The van der Waals surface area contributed by atoms with Gasteiger partial charge >= 0.3 is 0 Å². The summed E-state index contributed by atoms with van der Waals surface area (Å²) in [5.41, 5.74) is 0. The van der Waals surface area contributed by atoms with Gasteiger partial charge in [-0.05, 0) is 30.7 Å². The number of hydrogen-bond acceptors (Lipinski definition) is 3. The summed E-state index contributed by atoms with van der Waals surface area (Å²) in [6.45, 7) is 2.09. The second-order valence-electron chi connectivity index (χ2n) is 4.33. The molecule has 2 aliphatic rings. The highest BCUT2D eigenvalue weighted by molar-refractivity contribution is 8.14. The third kappa shape index (κ3) is 2.13. The Hall–Kier alpha value is -0.480. The maximum atomic E-state index is 4.77. The van der Waals surface area contributed by atoms with Crippen molar-refractivity contribution < 1.29 is 0 Å². The highest BCUT2D eigenvalue weighted by atomic mass is 32.2. The van der Waals surface area contributed by atoms with Crippen LogP contribution in [0.15, 0.2) is 22.5 Å². The first kappa shape index (κ1) is 10.7. The SMILES string of the molecule is c1csc(CN=C2SCC3CCCCN23)c1. The Kier molecular flexibility index (Phi) is 3.20. The molecule has 3 rings (SSSR count). The van der Waals surface area contributed by atoms with Crippen LogP contribution in [0, 0.1) is 0 Å². The molecular formula is C12H16N2S2. The molecule has 1 aromatic heterocycles. The minimum atomic E-state index is 0.779. The van der Waals surface area contributed by atoms with Gasteiger partial charge in [-0.1, -0.05) is 17.8 Å². The van der Waals surface area contributed by atoms with Crippen LogP contribution >= 0.6 is 23.1 Å². The number of thioether (sulfide) groups is 1. The quantitative estimate of drug-likeness (QED) is 0.803. The second kappa shape index (κ2) is 4.80. The van der Waals surface area contributed by atoms with Crippen LogP contribution in [0.2, 0.25) is 0 Å². The predicted octanol–water partition coefficient (Wildman–Crippen LogP) is 3.21. The first-order chi connectivity index (χ1) is 7.93. The van der Waals surface area contributed by atoms with Crippen LogP contribution in [0.1, 0.15) is 24.1 Å². The fourth-order valence-corrected chi connectivity index (χ4v) is 4.24. The van der Waals surface area contributed by atoms with Crippen LogP contribution in [-0.4, -0.2) is 28.4 Å². The Labute approximate surface area is 105 Å². The Balaban J connectivity index is 1.68. The first-order valence-electron chi connectivity index (χ1n) is 5.90. The van der Waals surface area contributed by atoms with E-state index in [9.17, 15) is 0 Å². The number of amidine groups is 1. The van der Waals surface area contributed by atoms with Gasteiger partial charge in [0.15, 0.2) is 5.17 Å². The summed E-state index contributed by atoms with van der Waals surface area (Å²) < 4.78 is 0. The number of thiophene rings is 1. The molecule has 1 aromatic rings. The molecule has 16 heavy (non-hydrogen) atoms. The molecule has 1 unspecified atom stereocenters. The molecule has 4 heteroatoms. The van der Waals surface area contributed by atoms with Crippen molar-refractivity contribution in [3.63, 3.8) is 0 Å². The molecule has 0 radical (unpaired) electrons. The van der Waals surface area contributed by atoms with Crippen molar-refractivity contribution in [1.29, 1.82) is 0 Å². The molecule has 86 valence electrons. The third-order valence-corrected chi connectivity index (χ3v) is 5.26. The van der Waals surface area contributed by atoms with Crippen molar-refractivity contribution >= 4 is 28.3 Å². The molecule has 3 heterocycles. The number of nitrogens with zero attached hydrogens (tertiary/aromatic N) is 2. The molecule has 2 nitrogen and oxygen atoms in total. The van der Waals surface area contributed by atoms with Crippen LogP contribution in [0.5, 0.6) is 0 Å². The van der Waals surface area contributed by atoms with Gasteiger partial charge < -0.3 is 4.90 Å². The van der Waals surface area contributed by atoms with Crippen LogP contribution < -0.4 is 0 Å². The molecule has 1 atom stereocenters. The van der Waals surface area contributed by atoms with Gasteiger partial charge in [0, 0.05) is 23.2 Å². The molecule has 2 fully saturated rings. The van der Waals surface area contributed by atoms with E-state index in [0.717, 1.165) is 12.6 Å². The maximum absolute atomic E-state index is 4.77. The number of aliphatic imine (C=N–C) groups is 1. The van der Waals surface area contributed by atoms with Crippen molar-refractivity contribution in [1.82, 2.24) is 4.90 Å². The lowest BCUT2D eigenvalue weighted by atomic mass is 10.1. The zero-order valence-electron chi connectivity index (χ0n) is 9.26. The van der Waals surface area contributed by atoms with Gasteiger partial charge in [-0.15, -0.1) is 11.3 Å². The molecule has 0 aromatic carbocycles. The van der Waals surface area contributed by atoms with Crippen molar-refractivity contribution in [3.8, 4) is 0 Å². The number of hydrogen-bond donors (Lipinski definition) is 0.